The number of hydrogen-bond acceptors (Lipinski definition) is 3. The van der Waals surface area contributed by atoms with Crippen LogP contribution in [0, 0.1) is 6.92 Å². The summed E-state index contributed by atoms with van der Waals surface area (Å²) in [5, 5.41) is 2.09. The van der Waals surface area contributed by atoms with Gasteiger partial charge in [-0.3, -0.25) is 0 Å². The molecule has 0 saturated heterocycles. The summed E-state index contributed by atoms with van der Waals surface area (Å²) in [4.78, 5) is 1.18. The van der Waals surface area contributed by atoms with Gasteiger partial charge in [-0.2, -0.15) is 0 Å². The summed E-state index contributed by atoms with van der Waals surface area (Å²) in [6.07, 6.45) is 0. The number of aryl methyl sites for hydroxylation is 1. The second-order valence-electron chi connectivity index (χ2n) is 2.37. The van der Waals surface area contributed by atoms with Crippen LogP contribution in [0.2, 0.25) is 0 Å². The Kier molecular flexibility index (Phi) is 2.43. The normalized spacial score (nSPS) is 13.5. The molecule has 0 saturated carbocycles. The van der Waals surface area contributed by atoms with E-state index < -0.39 is 0 Å². The number of hydrogen-bond donors (Lipinski definition) is 2. The molecule has 0 aromatic carbocycles. The molecule has 4 N–H and O–H groups in total. The number of nitrogens with two attached hydrogens (primary N) is 2. The van der Waals surface area contributed by atoms with E-state index in [1.807, 2.05) is 0 Å². The predicted molar refractivity (Wildman–Crippen MR) is 45.0 cm³/mol. The smallest absolute Gasteiger partial charge is 0.0514 e. The van der Waals surface area contributed by atoms with Crippen LogP contribution in [-0.4, -0.2) is 6.54 Å². The Morgan fingerprint density at radius 1 is 1.70 bits per heavy atom. The molecule has 0 aliphatic heterocycles. The molecule has 1 unspecified atom stereocenters. The SMILES string of the molecule is Cc1csc(C(N)CN)c1. The molecule has 1 heterocycles. The minimum Gasteiger partial charge on any atom is -0.329 e. The molecular formula is C7H12N2S. The number of rotatable bonds is 2. The highest BCUT2D eigenvalue weighted by Crippen LogP contribution is 2.18. The molecule has 0 radical (unpaired) electrons. The van der Waals surface area contributed by atoms with E-state index in [9.17, 15) is 0 Å². The van der Waals surface area contributed by atoms with Gasteiger partial charge in [-0.15, -0.1) is 11.3 Å². The molecule has 0 aliphatic rings. The molecule has 10 heavy (non-hydrogen) atoms. The van der Waals surface area contributed by atoms with Crippen molar-refractivity contribution in [3.8, 4) is 0 Å². The summed E-state index contributed by atoms with van der Waals surface area (Å²) in [7, 11) is 0. The summed E-state index contributed by atoms with van der Waals surface area (Å²) in [5.74, 6) is 0. The topological polar surface area (TPSA) is 52.0 Å². The van der Waals surface area contributed by atoms with Crippen LogP contribution < -0.4 is 11.5 Å². The summed E-state index contributed by atoms with van der Waals surface area (Å²) in [6.45, 7) is 2.59. The lowest BCUT2D eigenvalue weighted by Crippen LogP contribution is -2.19. The predicted octanol–water partition coefficient (Wildman–Crippen LogP) is 1.02. The zero-order valence-corrected chi connectivity index (χ0v) is 6.82. The average Bonchev–Trinajstić information content (AvgIpc) is 2.34. The van der Waals surface area contributed by atoms with Crippen LogP contribution in [0.25, 0.3) is 0 Å². The van der Waals surface area contributed by atoms with Gasteiger partial charge in [0.15, 0.2) is 0 Å². The zero-order chi connectivity index (χ0) is 7.56. The first-order chi connectivity index (χ1) is 4.74. The third kappa shape index (κ3) is 1.56. The standard InChI is InChI=1S/C7H12N2S/c1-5-2-7(10-4-5)6(9)3-8/h2,4,6H,3,8-9H2,1H3. The van der Waals surface area contributed by atoms with Crippen LogP contribution in [-0.2, 0) is 0 Å². The van der Waals surface area contributed by atoms with Crippen LogP contribution in [0.5, 0.6) is 0 Å². The fourth-order valence-corrected chi connectivity index (χ4v) is 1.68. The van der Waals surface area contributed by atoms with Gasteiger partial charge < -0.3 is 11.5 Å². The summed E-state index contributed by atoms with van der Waals surface area (Å²) >= 11 is 1.68. The lowest BCUT2D eigenvalue weighted by Gasteiger charge is -2.03. The molecule has 0 spiro atoms. The van der Waals surface area contributed by atoms with Crippen molar-refractivity contribution in [2.24, 2.45) is 11.5 Å². The highest BCUT2D eigenvalue weighted by molar-refractivity contribution is 7.10. The molecule has 56 valence electrons. The van der Waals surface area contributed by atoms with Crippen molar-refractivity contribution in [2.75, 3.05) is 6.54 Å². The first-order valence-electron chi connectivity index (χ1n) is 3.24. The molecule has 2 nitrogen and oxygen atoms in total. The quantitative estimate of drug-likeness (QED) is 0.671. The van der Waals surface area contributed by atoms with E-state index >= 15 is 0 Å². The van der Waals surface area contributed by atoms with E-state index in [0.29, 0.717) is 6.54 Å². The number of thiophene rings is 1. The van der Waals surface area contributed by atoms with E-state index in [1.54, 1.807) is 11.3 Å². The van der Waals surface area contributed by atoms with Gasteiger partial charge in [0.2, 0.25) is 0 Å². The van der Waals surface area contributed by atoms with E-state index in [0.717, 1.165) is 0 Å². The van der Waals surface area contributed by atoms with Gasteiger partial charge in [0.05, 0.1) is 6.04 Å². The fourth-order valence-electron chi connectivity index (χ4n) is 0.764. The Morgan fingerprint density at radius 2 is 2.40 bits per heavy atom. The molecule has 1 aromatic heterocycles. The minimum absolute atomic E-state index is 0.0266. The fraction of sp³-hybridized carbons (Fsp3) is 0.429. The Labute approximate surface area is 64.8 Å². The van der Waals surface area contributed by atoms with Gasteiger partial charge >= 0.3 is 0 Å². The zero-order valence-electron chi connectivity index (χ0n) is 6.00. The van der Waals surface area contributed by atoms with Crippen LogP contribution in [0.3, 0.4) is 0 Å². The van der Waals surface area contributed by atoms with Crippen LogP contribution in [0.15, 0.2) is 11.4 Å². The van der Waals surface area contributed by atoms with Crippen LogP contribution >= 0.6 is 11.3 Å². The van der Waals surface area contributed by atoms with Gasteiger partial charge in [-0.05, 0) is 23.9 Å². The van der Waals surface area contributed by atoms with Crippen molar-refractivity contribution in [1.29, 1.82) is 0 Å². The monoisotopic (exact) mass is 156 g/mol. The van der Waals surface area contributed by atoms with Crippen molar-refractivity contribution in [2.45, 2.75) is 13.0 Å². The lowest BCUT2D eigenvalue weighted by molar-refractivity contribution is 0.751. The van der Waals surface area contributed by atoms with E-state index in [1.165, 1.54) is 10.4 Å². The maximum absolute atomic E-state index is 5.69. The van der Waals surface area contributed by atoms with Crippen LogP contribution in [0.1, 0.15) is 16.5 Å². The third-order valence-electron chi connectivity index (χ3n) is 1.37. The summed E-state index contributed by atoms with van der Waals surface area (Å²) in [6, 6.07) is 2.11. The molecule has 1 aromatic rings. The lowest BCUT2D eigenvalue weighted by atomic mass is 10.2. The summed E-state index contributed by atoms with van der Waals surface area (Å²) < 4.78 is 0. The first-order valence-corrected chi connectivity index (χ1v) is 4.12. The highest BCUT2D eigenvalue weighted by Gasteiger charge is 2.04. The Morgan fingerprint density at radius 3 is 2.80 bits per heavy atom. The van der Waals surface area contributed by atoms with Gasteiger partial charge in [-0.1, -0.05) is 0 Å². The van der Waals surface area contributed by atoms with Gasteiger partial charge in [0.25, 0.3) is 0 Å². The van der Waals surface area contributed by atoms with Gasteiger partial charge in [0.1, 0.15) is 0 Å². The largest absolute Gasteiger partial charge is 0.329 e. The van der Waals surface area contributed by atoms with Crippen molar-refractivity contribution >= 4 is 11.3 Å². The van der Waals surface area contributed by atoms with Crippen LogP contribution in [0.4, 0.5) is 0 Å². The second kappa shape index (κ2) is 3.14. The molecule has 3 heteroatoms. The molecule has 0 amide bonds. The average molecular weight is 156 g/mol. The maximum Gasteiger partial charge on any atom is 0.0514 e. The third-order valence-corrected chi connectivity index (χ3v) is 2.55. The van der Waals surface area contributed by atoms with E-state index in [2.05, 4.69) is 18.4 Å². The Bertz CT molecular complexity index is 207. The van der Waals surface area contributed by atoms with Gasteiger partial charge in [-0.25, -0.2) is 0 Å². The van der Waals surface area contributed by atoms with E-state index in [-0.39, 0.29) is 6.04 Å². The molecule has 0 fully saturated rings. The van der Waals surface area contributed by atoms with E-state index in [4.69, 9.17) is 11.5 Å². The Balaban J connectivity index is 2.74. The minimum atomic E-state index is 0.0266. The van der Waals surface area contributed by atoms with Gasteiger partial charge in [0, 0.05) is 11.4 Å². The molecular weight excluding hydrogens is 144 g/mol. The molecule has 0 aliphatic carbocycles. The molecule has 0 bridgehead atoms. The highest BCUT2D eigenvalue weighted by atomic mass is 32.1. The maximum atomic E-state index is 5.69. The molecule has 1 atom stereocenters. The summed E-state index contributed by atoms with van der Waals surface area (Å²) in [5.41, 5.74) is 12.4. The second-order valence-corrected chi connectivity index (χ2v) is 3.31. The molecule has 1 rings (SSSR count). The Hall–Kier alpha value is -0.380. The van der Waals surface area contributed by atoms with Crippen molar-refractivity contribution in [1.82, 2.24) is 0 Å². The van der Waals surface area contributed by atoms with Crippen molar-refractivity contribution in [3.05, 3.63) is 21.9 Å². The first kappa shape index (κ1) is 7.72. The van der Waals surface area contributed by atoms with Crippen molar-refractivity contribution in [3.63, 3.8) is 0 Å². The van der Waals surface area contributed by atoms with Crippen molar-refractivity contribution < 1.29 is 0 Å².